The van der Waals surface area contributed by atoms with Crippen LogP contribution in [0.25, 0.3) is 0 Å². The molecule has 18 heavy (non-hydrogen) atoms. The molecule has 0 aliphatic carbocycles. The van der Waals surface area contributed by atoms with Gasteiger partial charge in [-0.2, -0.15) is 5.10 Å². The van der Waals surface area contributed by atoms with E-state index in [9.17, 15) is 4.39 Å². The fourth-order valence-corrected chi connectivity index (χ4v) is 2.02. The first-order chi connectivity index (χ1) is 8.81. The van der Waals surface area contributed by atoms with E-state index in [-0.39, 0.29) is 11.9 Å². The summed E-state index contributed by atoms with van der Waals surface area (Å²) in [5.74, 6) is -0.143. The largest absolute Gasteiger partial charge is 0.308 e. The molecule has 1 unspecified atom stereocenters. The average Bonchev–Trinajstić information content (AvgIpc) is 2.89. The third kappa shape index (κ3) is 3.17. The number of nitrogens with zero attached hydrogens (tertiary/aromatic N) is 2. The number of aromatic nitrogens is 2. The molecule has 1 aromatic carbocycles. The van der Waals surface area contributed by atoms with Gasteiger partial charge in [0, 0.05) is 30.5 Å². The molecule has 0 radical (unpaired) electrons. The molecule has 0 aliphatic rings. The normalized spacial score (nSPS) is 12.6. The van der Waals surface area contributed by atoms with Crippen molar-refractivity contribution in [3.63, 3.8) is 0 Å². The van der Waals surface area contributed by atoms with E-state index in [1.807, 2.05) is 29.1 Å². The quantitative estimate of drug-likeness (QED) is 0.850. The molecule has 0 bridgehead atoms. The molecule has 0 saturated carbocycles. The Labute approximate surface area is 107 Å². The van der Waals surface area contributed by atoms with Crippen LogP contribution in [0.3, 0.4) is 0 Å². The predicted molar refractivity (Wildman–Crippen MR) is 69.7 cm³/mol. The van der Waals surface area contributed by atoms with E-state index < -0.39 is 0 Å². The van der Waals surface area contributed by atoms with Crippen molar-refractivity contribution in [2.45, 2.75) is 25.9 Å². The molecule has 0 aliphatic heterocycles. The minimum absolute atomic E-state index is 0.0572. The first-order valence-corrected chi connectivity index (χ1v) is 6.26. The maximum Gasteiger partial charge on any atom is 0.127 e. The Morgan fingerprint density at radius 2 is 2.17 bits per heavy atom. The molecule has 1 atom stereocenters. The summed E-state index contributed by atoms with van der Waals surface area (Å²) < 4.78 is 15.5. The molecule has 1 N–H and O–H groups in total. The topological polar surface area (TPSA) is 29.9 Å². The summed E-state index contributed by atoms with van der Waals surface area (Å²) in [6, 6.07) is 8.89. The van der Waals surface area contributed by atoms with Gasteiger partial charge in [0.2, 0.25) is 0 Å². The molecule has 0 saturated heterocycles. The zero-order valence-electron chi connectivity index (χ0n) is 10.5. The summed E-state index contributed by atoms with van der Waals surface area (Å²) in [4.78, 5) is 0. The second-order valence-electron chi connectivity index (χ2n) is 4.21. The standard InChI is InChI=1S/C14H18FN3/c1-2-14(12-6-3-4-7-13(12)15)16-9-11-18-10-5-8-17-18/h3-8,10,14,16H,2,9,11H2,1H3. The van der Waals surface area contributed by atoms with Gasteiger partial charge in [-0.3, -0.25) is 4.68 Å². The van der Waals surface area contributed by atoms with Gasteiger partial charge in [0.15, 0.2) is 0 Å². The highest BCUT2D eigenvalue weighted by Crippen LogP contribution is 2.19. The Balaban J connectivity index is 1.91. The van der Waals surface area contributed by atoms with Crippen LogP contribution in [0.5, 0.6) is 0 Å². The van der Waals surface area contributed by atoms with Crippen LogP contribution >= 0.6 is 0 Å². The minimum Gasteiger partial charge on any atom is -0.308 e. The Morgan fingerprint density at radius 1 is 1.33 bits per heavy atom. The van der Waals surface area contributed by atoms with E-state index >= 15 is 0 Å². The molecule has 2 aromatic rings. The van der Waals surface area contributed by atoms with Gasteiger partial charge in [-0.15, -0.1) is 0 Å². The summed E-state index contributed by atoms with van der Waals surface area (Å²) >= 11 is 0. The van der Waals surface area contributed by atoms with Crippen LogP contribution in [0.15, 0.2) is 42.7 Å². The first kappa shape index (κ1) is 12.8. The van der Waals surface area contributed by atoms with Gasteiger partial charge >= 0.3 is 0 Å². The Bertz CT molecular complexity index is 468. The van der Waals surface area contributed by atoms with Gasteiger partial charge in [-0.25, -0.2) is 4.39 Å². The van der Waals surface area contributed by atoms with Crippen LogP contribution < -0.4 is 5.32 Å². The van der Waals surface area contributed by atoms with Crippen molar-refractivity contribution in [1.29, 1.82) is 0 Å². The highest BCUT2D eigenvalue weighted by Gasteiger charge is 2.12. The van der Waals surface area contributed by atoms with Crippen molar-refractivity contribution in [1.82, 2.24) is 15.1 Å². The molecule has 96 valence electrons. The highest BCUT2D eigenvalue weighted by atomic mass is 19.1. The van der Waals surface area contributed by atoms with Crippen LogP contribution in [0, 0.1) is 5.82 Å². The molecule has 1 aromatic heterocycles. The fraction of sp³-hybridized carbons (Fsp3) is 0.357. The summed E-state index contributed by atoms with van der Waals surface area (Å²) in [5, 5.41) is 7.50. The summed E-state index contributed by atoms with van der Waals surface area (Å²) in [6.45, 7) is 3.62. The molecule has 0 spiro atoms. The lowest BCUT2D eigenvalue weighted by Gasteiger charge is -2.18. The fourth-order valence-electron chi connectivity index (χ4n) is 2.02. The molecule has 0 amide bonds. The van der Waals surface area contributed by atoms with Gasteiger partial charge in [-0.05, 0) is 18.6 Å². The molecular weight excluding hydrogens is 229 g/mol. The van der Waals surface area contributed by atoms with Crippen LogP contribution in [0.2, 0.25) is 0 Å². The molecule has 0 fully saturated rings. The van der Waals surface area contributed by atoms with Gasteiger partial charge in [0.25, 0.3) is 0 Å². The molecule has 4 heteroatoms. The second kappa shape index (κ2) is 6.31. The molecular formula is C14H18FN3. The minimum atomic E-state index is -0.143. The van der Waals surface area contributed by atoms with Gasteiger partial charge < -0.3 is 5.32 Å². The summed E-state index contributed by atoms with van der Waals surface area (Å²) in [6.07, 6.45) is 4.54. The van der Waals surface area contributed by atoms with Crippen molar-refractivity contribution in [3.05, 3.63) is 54.1 Å². The van der Waals surface area contributed by atoms with Crippen LogP contribution in [-0.4, -0.2) is 16.3 Å². The third-order valence-corrected chi connectivity index (χ3v) is 2.98. The summed E-state index contributed by atoms with van der Waals surface area (Å²) in [5.41, 5.74) is 0.737. The monoisotopic (exact) mass is 247 g/mol. The van der Waals surface area contributed by atoms with Gasteiger partial charge in [0.05, 0.1) is 6.54 Å². The smallest absolute Gasteiger partial charge is 0.127 e. The molecule has 1 heterocycles. The maximum atomic E-state index is 13.7. The highest BCUT2D eigenvalue weighted by molar-refractivity contribution is 5.20. The van der Waals surface area contributed by atoms with Crippen molar-refractivity contribution >= 4 is 0 Å². The SMILES string of the molecule is CCC(NCCn1cccn1)c1ccccc1F. The Kier molecular flexibility index (Phi) is 4.47. The van der Waals surface area contributed by atoms with E-state index in [1.165, 1.54) is 6.07 Å². The number of halogens is 1. The van der Waals surface area contributed by atoms with E-state index in [4.69, 9.17) is 0 Å². The first-order valence-electron chi connectivity index (χ1n) is 6.26. The van der Waals surface area contributed by atoms with E-state index in [0.717, 1.165) is 25.1 Å². The number of nitrogens with one attached hydrogen (secondary N) is 1. The van der Waals surface area contributed by atoms with Crippen molar-refractivity contribution in [3.8, 4) is 0 Å². The maximum absolute atomic E-state index is 13.7. The zero-order valence-corrected chi connectivity index (χ0v) is 10.5. The number of rotatable bonds is 6. The van der Waals surface area contributed by atoms with Crippen LogP contribution in [0.1, 0.15) is 24.9 Å². The Morgan fingerprint density at radius 3 is 2.83 bits per heavy atom. The number of benzene rings is 1. The molecule has 3 nitrogen and oxygen atoms in total. The number of hydrogen-bond donors (Lipinski definition) is 1. The zero-order chi connectivity index (χ0) is 12.8. The lowest BCUT2D eigenvalue weighted by atomic mass is 10.0. The van der Waals surface area contributed by atoms with E-state index in [1.54, 1.807) is 12.3 Å². The lowest BCUT2D eigenvalue weighted by molar-refractivity contribution is 0.459. The molecule has 2 rings (SSSR count). The predicted octanol–water partition coefficient (Wildman–Crippen LogP) is 2.76. The van der Waals surface area contributed by atoms with Gasteiger partial charge in [-0.1, -0.05) is 25.1 Å². The van der Waals surface area contributed by atoms with Gasteiger partial charge in [0.1, 0.15) is 5.82 Å². The Hall–Kier alpha value is -1.68. The average molecular weight is 247 g/mol. The van der Waals surface area contributed by atoms with E-state index in [0.29, 0.717) is 0 Å². The lowest BCUT2D eigenvalue weighted by Crippen LogP contribution is -2.25. The summed E-state index contributed by atoms with van der Waals surface area (Å²) in [7, 11) is 0. The third-order valence-electron chi connectivity index (χ3n) is 2.98. The van der Waals surface area contributed by atoms with Crippen molar-refractivity contribution < 1.29 is 4.39 Å². The van der Waals surface area contributed by atoms with E-state index in [2.05, 4.69) is 17.3 Å². The second-order valence-corrected chi connectivity index (χ2v) is 4.21. The van der Waals surface area contributed by atoms with Crippen molar-refractivity contribution in [2.24, 2.45) is 0 Å². The van der Waals surface area contributed by atoms with Crippen LogP contribution in [-0.2, 0) is 6.54 Å². The van der Waals surface area contributed by atoms with Crippen LogP contribution in [0.4, 0.5) is 4.39 Å². The number of hydrogen-bond acceptors (Lipinski definition) is 2. The van der Waals surface area contributed by atoms with Crippen molar-refractivity contribution in [2.75, 3.05) is 6.54 Å².